The van der Waals surface area contributed by atoms with Crippen LogP contribution in [0.15, 0.2) is 36.4 Å². The zero-order valence-corrected chi connectivity index (χ0v) is 14.5. The van der Waals surface area contributed by atoms with E-state index < -0.39 is 0 Å². The van der Waals surface area contributed by atoms with E-state index in [0.717, 1.165) is 37.7 Å². The molecule has 0 amide bonds. The Morgan fingerprint density at radius 2 is 2.00 bits per heavy atom. The van der Waals surface area contributed by atoms with Crippen LogP contribution in [0, 0.1) is 5.92 Å². The monoisotopic (exact) mass is 325 g/mol. The minimum atomic E-state index is 0.680. The van der Waals surface area contributed by atoms with Gasteiger partial charge in [-0.05, 0) is 30.9 Å². The van der Waals surface area contributed by atoms with E-state index in [1.54, 1.807) is 7.11 Å². The lowest BCUT2D eigenvalue weighted by Crippen LogP contribution is -2.45. The van der Waals surface area contributed by atoms with E-state index in [9.17, 15) is 0 Å². The number of hydrogen-bond donors (Lipinski definition) is 0. The second-order valence-corrected chi connectivity index (χ2v) is 7.27. The van der Waals surface area contributed by atoms with Crippen molar-refractivity contribution in [1.29, 1.82) is 0 Å². The standard InChI is InChI=1S/C20H27N3O/c1-24-11-10-23-13-16-6-9-19(23)15-22(12-16)14-18-8-7-17-4-2-3-5-20(17)21-18/h2-5,7-8,16,19H,6,9-15H2,1H3/t16-,19+/m0/s1. The quantitative estimate of drug-likeness (QED) is 0.845. The van der Waals surface area contributed by atoms with Crippen molar-refractivity contribution in [2.45, 2.75) is 25.4 Å². The van der Waals surface area contributed by atoms with Gasteiger partial charge in [-0.3, -0.25) is 14.8 Å². The lowest BCUT2D eigenvalue weighted by Gasteiger charge is -2.35. The van der Waals surface area contributed by atoms with Crippen LogP contribution < -0.4 is 0 Å². The van der Waals surface area contributed by atoms with Crippen LogP contribution in [0.5, 0.6) is 0 Å². The van der Waals surface area contributed by atoms with E-state index in [1.165, 1.54) is 37.0 Å². The summed E-state index contributed by atoms with van der Waals surface area (Å²) in [6.07, 6.45) is 2.70. The molecule has 4 nitrogen and oxygen atoms in total. The van der Waals surface area contributed by atoms with Gasteiger partial charge in [-0.25, -0.2) is 0 Å². The number of ether oxygens (including phenoxy) is 1. The van der Waals surface area contributed by atoms with E-state index >= 15 is 0 Å². The molecule has 4 heteroatoms. The Morgan fingerprint density at radius 1 is 1.08 bits per heavy atom. The molecular weight excluding hydrogens is 298 g/mol. The molecular formula is C20H27N3O. The summed E-state index contributed by atoms with van der Waals surface area (Å²) in [6.45, 7) is 6.48. The molecule has 2 bridgehead atoms. The molecule has 3 aliphatic rings. The van der Waals surface area contributed by atoms with Gasteiger partial charge in [0.25, 0.3) is 0 Å². The van der Waals surface area contributed by atoms with E-state index in [0.29, 0.717) is 6.04 Å². The molecule has 24 heavy (non-hydrogen) atoms. The van der Waals surface area contributed by atoms with Gasteiger partial charge in [0.15, 0.2) is 0 Å². The summed E-state index contributed by atoms with van der Waals surface area (Å²) in [4.78, 5) is 10.1. The first-order valence-electron chi connectivity index (χ1n) is 9.12. The van der Waals surface area contributed by atoms with Gasteiger partial charge >= 0.3 is 0 Å². The molecule has 0 saturated carbocycles. The van der Waals surface area contributed by atoms with Crippen LogP contribution in [0.25, 0.3) is 10.9 Å². The molecule has 0 N–H and O–H groups in total. The maximum Gasteiger partial charge on any atom is 0.0705 e. The molecule has 128 valence electrons. The maximum atomic E-state index is 5.29. The van der Waals surface area contributed by atoms with Crippen molar-refractivity contribution in [2.75, 3.05) is 39.9 Å². The Morgan fingerprint density at radius 3 is 2.92 bits per heavy atom. The van der Waals surface area contributed by atoms with Crippen molar-refractivity contribution in [1.82, 2.24) is 14.8 Å². The third kappa shape index (κ3) is 3.46. The predicted octanol–water partition coefficient (Wildman–Crippen LogP) is 2.78. The van der Waals surface area contributed by atoms with Crippen molar-refractivity contribution in [3.05, 3.63) is 42.1 Å². The third-order valence-corrected chi connectivity index (χ3v) is 5.53. The van der Waals surface area contributed by atoms with Gasteiger partial charge in [-0.1, -0.05) is 24.3 Å². The highest BCUT2D eigenvalue weighted by Gasteiger charge is 2.34. The lowest BCUT2D eigenvalue weighted by molar-refractivity contribution is 0.0867. The van der Waals surface area contributed by atoms with Crippen LogP contribution in [0.1, 0.15) is 18.5 Å². The zero-order valence-electron chi connectivity index (χ0n) is 14.5. The number of rotatable bonds is 5. The summed E-state index contributed by atoms with van der Waals surface area (Å²) in [7, 11) is 1.80. The van der Waals surface area contributed by atoms with E-state index in [1.807, 2.05) is 0 Å². The predicted molar refractivity (Wildman–Crippen MR) is 97.0 cm³/mol. The second kappa shape index (κ2) is 7.18. The summed E-state index contributed by atoms with van der Waals surface area (Å²) in [5, 5.41) is 1.22. The van der Waals surface area contributed by atoms with Crippen LogP contribution in [0.3, 0.4) is 0 Å². The minimum Gasteiger partial charge on any atom is -0.383 e. The number of methoxy groups -OCH3 is 1. The average molecular weight is 325 g/mol. The van der Waals surface area contributed by atoms with Crippen molar-refractivity contribution in [2.24, 2.45) is 5.92 Å². The highest BCUT2D eigenvalue weighted by Crippen LogP contribution is 2.28. The number of piperidine rings is 1. The first-order chi connectivity index (χ1) is 11.8. The number of hydrogen-bond acceptors (Lipinski definition) is 4. The topological polar surface area (TPSA) is 28.6 Å². The van der Waals surface area contributed by atoms with Crippen molar-refractivity contribution < 1.29 is 4.74 Å². The van der Waals surface area contributed by atoms with Crippen LogP contribution >= 0.6 is 0 Å². The number of nitrogens with zero attached hydrogens (tertiary/aromatic N) is 3. The van der Waals surface area contributed by atoms with Crippen molar-refractivity contribution >= 4 is 10.9 Å². The molecule has 0 radical (unpaired) electrons. The molecule has 4 heterocycles. The SMILES string of the molecule is COCCN1C[C@H]2CC[C@@H]1CN(Cc1ccc3ccccc3n1)C2. The highest BCUT2D eigenvalue weighted by molar-refractivity contribution is 5.78. The van der Waals surface area contributed by atoms with Gasteiger partial charge < -0.3 is 4.74 Å². The molecule has 5 rings (SSSR count). The molecule has 3 saturated heterocycles. The van der Waals surface area contributed by atoms with Crippen molar-refractivity contribution in [3.63, 3.8) is 0 Å². The van der Waals surface area contributed by atoms with E-state index in [-0.39, 0.29) is 0 Å². The molecule has 1 aromatic heterocycles. The fourth-order valence-corrected chi connectivity index (χ4v) is 4.31. The molecule has 3 aliphatic heterocycles. The first kappa shape index (κ1) is 16.0. The Hall–Kier alpha value is -1.49. The molecule has 2 atom stereocenters. The van der Waals surface area contributed by atoms with Crippen LogP contribution in [0.2, 0.25) is 0 Å². The fourth-order valence-electron chi connectivity index (χ4n) is 4.31. The van der Waals surface area contributed by atoms with Crippen molar-refractivity contribution in [3.8, 4) is 0 Å². The summed E-state index contributed by atoms with van der Waals surface area (Å²) in [5.41, 5.74) is 2.30. The molecule has 2 aromatic rings. The first-order valence-corrected chi connectivity index (χ1v) is 9.12. The second-order valence-electron chi connectivity index (χ2n) is 7.27. The number of fused-ring (bicyclic) bond motifs is 5. The maximum absolute atomic E-state index is 5.29. The van der Waals surface area contributed by atoms with E-state index in [2.05, 4.69) is 46.2 Å². The molecule has 3 fully saturated rings. The zero-order chi connectivity index (χ0) is 16.4. The Balaban J connectivity index is 1.46. The number of aromatic nitrogens is 1. The van der Waals surface area contributed by atoms with Crippen LogP contribution in [-0.4, -0.2) is 60.7 Å². The number of para-hydroxylation sites is 1. The van der Waals surface area contributed by atoms with E-state index in [4.69, 9.17) is 9.72 Å². The van der Waals surface area contributed by atoms with Gasteiger partial charge in [-0.15, -0.1) is 0 Å². The average Bonchev–Trinajstić information content (AvgIpc) is 2.90. The molecule has 0 unspecified atom stereocenters. The van der Waals surface area contributed by atoms with Gasteiger partial charge in [0.2, 0.25) is 0 Å². The normalized spacial score (nSPS) is 25.2. The Bertz CT molecular complexity index is 689. The molecule has 1 aromatic carbocycles. The lowest BCUT2D eigenvalue weighted by atomic mass is 9.95. The Labute approximate surface area is 144 Å². The Kier molecular flexibility index (Phi) is 4.79. The highest BCUT2D eigenvalue weighted by atomic mass is 16.5. The smallest absolute Gasteiger partial charge is 0.0705 e. The summed E-state index contributed by atoms with van der Waals surface area (Å²) < 4.78 is 5.29. The number of pyridine rings is 1. The van der Waals surface area contributed by atoms with Gasteiger partial charge in [0, 0.05) is 51.3 Å². The largest absolute Gasteiger partial charge is 0.383 e. The molecule has 0 aliphatic carbocycles. The van der Waals surface area contributed by atoms with Gasteiger partial charge in [0.1, 0.15) is 0 Å². The van der Waals surface area contributed by atoms with Gasteiger partial charge in [-0.2, -0.15) is 0 Å². The number of benzene rings is 1. The summed E-state index contributed by atoms with van der Waals surface area (Å²) in [5.74, 6) is 0.793. The summed E-state index contributed by atoms with van der Waals surface area (Å²) in [6, 6.07) is 13.5. The summed E-state index contributed by atoms with van der Waals surface area (Å²) >= 11 is 0. The van der Waals surface area contributed by atoms with Crippen LogP contribution in [0.4, 0.5) is 0 Å². The minimum absolute atomic E-state index is 0.680. The fraction of sp³-hybridized carbons (Fsp3) is 0.550. The molecule has 0 spiro atoms. The van der Waals surface area contributed by atoms with Crippen LogP contribution in [-0.2, 0) is 11.3 Å². The third-order valence-electron chi connectivity index (χ3n) is 5.53. The van der Waals surface area contributed by atoms with Gasteiger partial charge in [0.05, 0.1) is 17.8 Å².